The lowest BCUT2D eigenvalue weighted by Crippen LogP contribution is -1.99. The molecule has 0 aliphatic rings. The first-order valence-corrected chi connectivity index (χ1v) is 7.43. The number of Topliss-reactive ketones (excluding diaryl/α,β-unsaturated/α-hetero) is 1. The summed E-state index contributed by atoms with van der Waals surface area (Å²) in [6.07, 6.45) is 0. The molecular formula is C12H8Cl2OS2. The molecule has 0 saturated carbocycles. The Labute approximate surface area is 118 Å². The highest BCUT2D eigenvalue weighted by Gasteiger charge is 2.09. The standard InChI is InChI=1S/C12H8Cl2OS2/c13-8-3-4-9(14)12(6-8)17-7-10(15)11-2-1-5-16-11/h1-6H,7H2. The van der Waals surface area contributed by atoms with Gasteiger partial charge in [0.1, 0.15) is 0 Å². The predicted molar refractivity (Wildman–Crippen MR) is 75.8 cm³/mol. The molecule has 0 spiro atoms. The van der Waals surface area contributed by atoms with Gasteiger partial charge in [0.2, 0.25) is 0 Å². The Kier molecular flexibility index (Phi) is 4.51. The van der Waals surface area contributed by atoms with Crippen molar-refractivity contribution in [1.82, 2.24) is 0 Å². The van der Waals surface area contributed by atoms with E-state index in [0.29, 0.717) is 15.8 Å². The van der Waals surface area contributed by atoms with Gasteiger partial charge in [0.25, 0.3) is 0 Å². The molecule has 0 aliphatic carbocycles. The molecule has 0 unspecified atom stereocenters. The number of carbonyl (C=O) groups is 1. The van der Waals surface area contributed by atoms with Gasteiger partial charge in [0.15, 0.2) is 5.78 Å². The third-order valence-electron chi connectivity index (χ3n) is 2.05. The van der Waals surface area contributed by atoms with E-state index in [-0.39, 0.29) is 5.78 Å². The monoisotopic (exact) mass is 302 g/mol. The number of hydrogen-bond donors (Lipinski definition) is 0. The molecule has 0 radical (unpaired) electrons. The predicted octanol–water partition coefficient (Wildman–Crippen LogP) is 5.03. The minimum Gasteiger partial charge on any atom is -0.292 e. The molecule has 0 fully saturated rings. The second kappa shape index (κ2) is 5.91. The van der Waals surface area contributed by atoms with Crippen LogP contribution in [0, 0.1) is 0 Å². The van der Waals surface area contributed by atoms with E-state index in [9.17, 15) is 4.79 Å². The van der Waals surface area contributed by atoms with Gasteiger partial charge in [-0.1, -0.05) is 29.3 Å². The van der Waals surface area contributed by atoms with Crippen LogP contribution < -0.4 is 0 Å². The zero-order valence-corrected chi connectivity index (χ0v) is 11.8. The number of rotatable bonds is 4. The van der Waals surface area contributed by atoms with Gasteiger partial charge < -0.3 is 0 Å². The van der Waals surface area contributed by atoms with Crippen LogP contribution >= 0.6 is 46.3 Å². The second-order valence-corrected chi connectivity index (χ2v) is 6.07. The molecule has 2 rings (SSSR count). The van der Waals surface area contributed by atoms with Crippen LogP contribution in [0.3, 0.4) is 0 Å². The van der Waals surface area contributed by atoms with Crippen molar-refractivity contribution < 1.29 is 4.79 Å². The highest BCUT2D eigenvalue weighted by molar-refractivity contribution is 8.00. The molecule has 0 amide bonds. The maximum absolute atomic E-state index is 11.8. The van der Waals surface area contributed by atoms with Gasteiger partial charge in [-0.15, -0.1) is 23.1 Å². The van der Waals surface area contributed by atoms with E-state index in [2.05, 4.69) is 0 Å². The second-order valence-electron chi connectivity index (χ2n) is 3.26. The van der Waals surface area contributed by atoms with E-state index >= 15 is 0 Å². The highest BCUT2D eigenvalue weighted by atomic mass is 35.5. The maximum atomic E-state index is 11.8. The minimum absolute atomic E-state index is 0.112. The van der Waals surface area contributed by atoms with Gasteiger partial charge in [0, 0.05) is 9.92 Å². The van der Waals surface area contributed by atoms with Crippen molar-refractivity contribution in [3.05, 3.63) is 50.6 Å². The third kappa shape index (κ3) is 3.49. The lowest BCUT2D eigenvalue weighted by atomic mass is 10.3. The number of thiophene rings is 1. The fourth-order valence-electron chi connectivity index (χ4n) is 1.24. The van der Waals surface area contributed by atoms with Crippen LogP contribution in [0.4, 0.5) is 0 Å². The van der Waals surface area contributed by atoms with Gasteiger partial charge in [-0.2, -0.15) is 0 Å². The Morgan fingerprint density at radius 1 is 1.29 bits per heavy atom. The van der Waals surface area contributed by atoms with Crippen LogP contribution in [0.2, 0.25) is 10.0 Å². The van der Waals surface area contributed by atoms with Crippen molar-refractivity contribution in [2.75, 3.05) is 5.75 Å². The lowest BCUT2D eigenvalue weighted by molar-refractivity contribution is 0.102. The van der Waals surface area contributed by atoms with E-state index in [4.69, 9.17) is 23.2 Å². The summed E-state index contributed by atoms with van der Waals surface area (Å²) in [5, 5.41) is 3.14. The smallest absolute Gasteiger partial charge is 0.182 e. The SMILES string of the molecule is O=C(CSc1cc(Cl)ccc1Cl)c1cccs1. The summed E-state index contributed by atoms with van der Waals surface area (Å²) in [5.74, 6) is 0.488. The fraction of sp³-hybridized carbons (Fsp3) is 0.0833. The van der Waals surface area contributed by atoms with Gasteiger partial charge in [0.05, 0.1) is 15.7 Å². The summed E-state index contributed by atoms with van der Waals surface area (Å²) in [7, 11) is 0. The first-order valence-electron chi connectivity index (χ1n) is 4.81. The van der Waals surface area contributed by atoms with E-state index < -0.39 is 0 Å². The zero-order chi connectivity index (χ0) is 12.3. The van der Waals surface area contributed by atoms with Crippen LogP contribution in [-0.4, -0.2) is 11.5 Å². The molecule has 1 heterocycles. The zero-order valence-electron chi connectivity index (χ0n) is 8.65. The largest absolute Gasteiger partial charge is 0.292 e. The third-order valence-corrected chi connectivity index (χ3v) is 4.69. The van der Waals surface area contributed by atoms with Crippen molar-refractivity contribution >= 4 is 52.1 Å². The Morgan fingerprint density at radius 3 is 2.82 bits per heavy atom. The number of ketones is 1. The minimum atomic E-state index is 0.112. The molecule has 17 heavy (non-hydrogen) atoms. The van der Waals surface area contributed by atoms with Crippen LogP contribution in [0.5, 0.6) is 0 Å². The lowest BCUT2D eigenvalue weighted by Gasteiger charge is -2.03. The van der Waals surface area contributed by atoms with E-state index in [1.807, 2.05) is 17.5 Å². The molecule has 5 heteroatoms. The average molecular weight is 303 g/mol. The van der Waals surface area contributed by atoms with Gasteiger partial charge in [-0.3, -0.25) is 4.79 Å². The van der Waals surface area contributed by atoms with Crippen LogP contribution in [-0.2, 0) is 0 Å². The normalized spacial score (nSPS) is 10.5. The fourth-order valence-corrected chi connectivity index (χ4v) is 3.37. The molecule has 1 nitrogen and oxygen atoms in total. The van der Waals surface area contributed by atoms with E-state index in [0.717, 1.165) is 9.77 Å². The number of thioether (sulfide) groups is 1. The number of hydrogen-bond acceptors (Lipinski definition) is 3. The van der Waals surface area contributed by atoms with Gasteiger partial charge in [-0.25, -0.2) is 0 Å². The highest BCUT2D eigenvalue weighted by Crippen LogP contribution is 2.30. The van der Waals surface area contributed by atoms with Crippen LogP contribution in [0.1, 0.15) is 9.67 Å². The molecule has 0 bridgehead atoms. The van der Waals surface area contributed by atoms with Crippen molar-refractivity contribution in [3.8, 4) is 0 Å². The van der Waals surface area contributed by atoms with Gasteiger partial charge >= 0.3 is 0 Å². The van der Waals surface area contributed by atoms with Crippen LogP contribution in [0.15, 0.2) is 40.6 Å². The van der Waals surface area contributed by atoms with Gasteiger partial charge in [-0.05, 0) is 29.6 Å². The van der Waals surface area contributed by atoms with Crippen molar-refractivity contribution in [3.63, 3.8) is 0 Å². The number of benzene rings is 1. The molecule has 2 aromatic rings. The Bertz CT molecular complexity index is 523. The Hall–Kier alpha value is -0.480. The van der Waals surface area contributed by atoms with Crippen molar-refractivity contribution in [1.29, 1.82) is 0 Å². The quantitative estimate of drug-likeness (QED) is 0.582. The van der Waals surface area contributed by atoms with E-state index in [1.165, 1.54) is 23.1 Å². The molecule has 0 aliphatic heterocycles. The van der Waals surface area contributed by atoms with Crippen molar-refractivity contribution in [2.24, 2.45) is 0 Å². The first-order chi connectivity index (χ1) is 8.16. The summed E-state index contributed by atoms with van der Waals surface area (Å²) in [6.45, 7) is 0. The Balaban J connectivity index is 2.03. The summed E-state index contributed by atoms with van der Waals surface area (Å²) >= 11 is 14.8. The van der Waals surface area contributed by atoms with Crippen LogP contribution in [0.25, 0.3) is 0 Å². The van der Waals surface area contributed by atoms with E-state index in [1.54, 1.807) is 18.2 Å². The number of carbonyl (C=O) groups excluding carboxylic acids is 1. The molecule has 0 saturated heterocycles. The number of halogens is 2. The molecule has 88 valence electrons. The average Bonchev–Trinajstić information content (AvgIpc) is 2.83. The summed E-state index contributed by atoms with van der Waals surface area (Å²) in [5.41, 5.74) is 0. The summed E-state index contributed by atoms with van der Waals surface area (Å²) in [4.78, 5) is 13.4. The topological polar surface area (TPSA) is 17.1 Å². The summed E-state index contributed by atoms with van der Waals surface area (Å²) < 4.78 is 0. The molecule has 1 aromatic carbocycles. The first kappa shape index (κ1) is 13.0. The summed E-state index contributed by atoms with van der Waals surface area (Å²) in [6, 6.07) is 8.94. The molecule has 1 aromatic heterocycles. The molecule has 0 N–H and O–H groups in total. The Morgan fingerprint density at radius 2 is 2.12 bits per heavy atom. The molecule has 0 atom stereocenters. The molecular weight excluding hydrogens is 295 g/mol. The van der Waals surface area contributed by atoms with Crippen molar-refractivity contribution in [2.45, 2.75) is 4.90 Å². The maximum Gasteiger partial charge on any atom is 0.182 e.